The normalized spacial score (nSPS) is 14.0. The lowest BCUT2D eigenvalue weighted by Gasteiger charge is -2.36. The number of amides is 2. The summed E-state index contributed by atoms with van der Waals surface area (Å²) < 4.78 is 27.3. The number of benzene rings is 2. The van der Waals surface area contributed by atoms with Crippen molar-refractivity contribution in [3.63, 3.8) is 0 Å². The van der Waals surface area contributed by atoms with E-state index >= 15 is 0 Å². The molecule has 0 saturated carbocycles. The van der Waals surface area contributed by atoms with Crippen LogP contribution in [0, 0.1) is 0 Å². The SMILES string of the molecule is COc1ccc(CN(C(=O)CN2CCN(C(=O)OC(C)(C)C)CC2)c2cc(OC)c(OC)c(OC)c2)cc1. The van der Waals surface area contributed by atoms with Crippen LogP contribution in [0.1, 0.15) is 26.3 Å². The second-order valence-electron chi connectivity index (χ2n) is 9.96. The molecular formula is C28H39N3O7. The first kappa shape index (κ1) is 28.9. The number of hydrogen-bond acceptors (Lipinski definition) is 8. The highest BCUT2D eigenvalue weighted by atomic mass is 16.6. The molecule has 1 saturated heterocycles. The molecule has 1 aliphatic rings. The summed E-state index contributed by atoms with van der Waals surface area (Å²) in [4.78, 5) is 31.6. The summed E-state index contributed by atoms with van der Waals surface area (Å²) in [5.41, 5.74) is 1.00. The summed E-state index contributed by atoms with van der Waals surface area (Å²) in [6, 6.07) is 11.1. The van der Waals surface area contributed by atoms with Crippen LogP contribution >= 0.6 is 0 Å². The molecule has 38 heavy (non-hydrogen) atoms. The molecule has 0 aliphatic carbocycles. The summed E-state index contributed by atoms with van der Waals surface area (Å²) in [6.45, 7) is 8.18. The Hall–Kier alpha value is -3.66. The maximum absolute atomic E-state index is 13.7. The average molecular weight is 530 g/mol. The van der Waals surface area contributed by atoms with E-state index < -0.39 is 5.60 Å². The number of methoxy groups -OCH3 is 4. The van der Waals surface area contributed by atoms with Gasteiger partial charge in [0.15, 0.2) is 11.5 Å². The zero-order chi connectivity index (χ0) is 27.9. The number of rotatable bonds is 9. The highest BCUT2D eigenvalue weighted by molar-refractivity contribution is 5.95. The first-order chi connectivity index (χ1) is 18.1. The van der Waals surface area contributed by atoms with Gasteiger partial charge in [-0.1, -0.05) is 12.1 Å². The Kier molecular flexibility index (Phi) is 9.68. The van der Waals surface area contributed by atoms with Crippen molar-refractivity contribution >= 4 is 17.7 Å². The third-order valence-corrected chi connectivity index (χ3v) is 6.14. The van der Waals surface area contributed by atoms with E-state index in [1.807, 2.05) is 49.9 Å². The Balaban J connectivity index is 1.81. The van der Waals surface area contributed by atoms with E-state index in [1.165, 1.54) is 7.11 Å². The molecule has 0 N–H and O–H groups in total. The van der Waals surface area contributed by atoms with Crippen molar-refractivity contribution in [1.82, 2.24) is 9.80 Å². The number of nitrogens with zero attached hydrogens (tertiary/aromatic N) is 3. The van der Waals surface area contributed by atoms with Crippen molar-refractivity contribution in [3.8, 4) is 23.0 Å². The predicted molar refractivity (Wildman–Crippen MR) is 145 cm³/mol. The van der Waals surface area contributed by atoms with Gasteiger partial charge in [0.2, 0.25) is 11.7 Å². The summed E-state index contributed by atoms with van der Waals surface area (Å²) in [6.07, 6.45) is -0.331. The highest BCUT2D eigenvalue weighted by Gasteiger charge is 2.28. The fraction of sp³-hybridized carbons (Fsp3) is 0.500. The van der Waals surface area contributed by atoms with Gasteiger partial charge < -0.3 is 33.5 Å². The maximum atomic E-state index is 13.7. The molecule has 0 spiro atoms. The van der Waals surface area contributed by atoms with Crippen LogP contribution in [0.4, 0.5) is 10.5 Å². The van der Waals surface area contributed by atoms with Crippen molar-refractivity contribution < 1.29 is 33.3 Å². The Bertz CT molecular complexity index is 1070. The topological polar surface area (TPSA) is 90.0 Å². The van der Waals surface area contributed by atoms with Crippen LogP contribution in [0.15, 0.2) is 36.4 Å². The molecule has 10 nitrogen and oxygen atoms in total. The fourth-order valence-electron chi connectivity index (χ4n) is 4.15. The van der Waals surface area contributed by atoms with Crippen LogP contribution in [0.5, 0.6) is 23.0 Å². The zero-order valence-corrected chi connectivity index (χ0v) is 23.4. The molecule has 1 fully saturated rings. The molecule has 0 unspecified atom stereocenters. The Morgan fingerprint density at radius 2 is 1.42 bits per heavy atom. The minimum absolute atomic E-state index is 0.0965. The molecule has 1 heterocycles. The summed E-state index contributed by atoms with van der Waals surface area (Å²) in [7, 11) is 6.24. The molecule has 2 aromatic rings. The molecule has 0 aromatic heterocycles. The average Bonchev–Trinajstić information content (AvgIpc) is 2.90. The first-order valence-electron chi connectivity index (χ1n) is 12.5. The molecule has 3 rings (SSSR count). The van der Waals surface area contributed by atoms with Crippen LogP contribution in [-0.2, 0) is 16.1 Å². The molecule has 2 amide bonds. The van der Waals surface area contributed by atoms with Crippen LogP contribution in [0.25, 0.3) is 0 Å². The summed E-state index contributed by atoms with van der Waals surface area (Å²) >= 11 is 0. The Morgan fingerprint density at radius 1 is 0.842 bits per heavy atom. The molecule has 0 atom stereocenters. The zero-order valence-electron chi connectivity index (χ0n) is 23.4. The van der Waals surface area contributed by atoms with Gasteiger partial charge in [-0.15, -0.1) is 0 Å². The van der Waals surface area contributed by atoms with Crippen molar-refractivity contribution in [2.75, 3.05) is 66.1 Å². The summed E-state index contributed by atoms with van der Waals surface area (Å²) in [5.74, 6) is 2.01. The number of piperazine rings is 1. The van der Waals surface area contributed by atoms with E-state index in [0.717, 1.165) is 11.3 Å². The largest absolute Gasteiger partial charge is 0.497 e. The molecular weight excluding hydrogens is 490 g/mol. The van der Waals surface area contributed by atoms with Crippen molar-refractivity contribution in [3.05, 3.63) is 42.0 Å². The van der Waals surface area contributed by atoms with E-state index in [-0.39, 0.29) is 18.5 Å². The molecule has 1 aliphatic heterocycles. The lowest BCUT2D eigenvalue weighted by atomic mass is 10.1. The van der Waals surface area contributed by atoms with Crippen LogP contribution in [-0.4, -0.2) is 88.6 Å². The molecule has 0 radical (unpaired) electrons. The van der Waals surface area contributed by atoms with Gasteiger partial charge in [-0.25, -0.2) is 4.79 Å². The Labute approximate surface area is 224 Å². The number of hydrogen-bond donors (Lipinski definition) is 0. The predicted octanol–water partition coefficient (Wildman–Crippen LogP) is 3.81. The second-order valence-corrected chi connectivity index (χ2v) is 9.96. The van der Waals surface area contributed by atoms with E-state index in [2.05, 4.69) is 0 Å². The number of anilines is 1. The van der Waals surface area contributed by atoms with E-state index in [4.69, 9.17) is 23.7 Å². The minimum Gasteiger partial charge on any atom is -0.497 e. The fourth-order valence-corrected chi connectivity index (χ4v) is 4.15. The van der Waals surface area contributed by atoms with Crippen molar-refractivity contribution in [1.29, 1.82) is 0 Å². The van der Waals surface area contributed by atoms with Gasteiger partial charge in [0.05, 0.1) is 47.2 Å². The molecule has 208 valence electrons. The van der Waals surface area contributed by atoms with Gasteiger partial charge >= 0.3 is 6.09 Å². The van der Waals surface area contributed by atoms with Gasteiger partial charge in [0.1, 0.15) is 11.4 Å². The number of carbonyl (C=O) groups is 2. The van der Waals surface area contributed by atoms with E-state index in [9.17, 15) is 9.59 Å². The smallest absolute Gasteiger partial charge is 0.410 e. The lowest BCUT2D eigenvalue weighted by molar-refractivity contribution is -0.120. The number of ether oxygens (including phenoxy) is 5. The molecule has 0 bridgehead atoms. The van der Waals surface area contributed by atoms with Gasteiger partial charge in [-0.3, -0.25) is 9.69 Å². The quantitative estimate of drug-likeness (QED) is 0.485. The van der Waals surface area contributed by atoms with Crippen molar-refractivity contribution in [2.45, 2.75) is 32.9 Å². The lowest BCUT2D eigenvalue weighted by Crippen LogP contribution is -2.52. The molecule has 2 aromatic carbocycles. The van der Waals surface area contributed by atoms with Crippen LogP contribution < -0.4 is 23.8 Å². The molecule has 10 heteroatoms. The number of carbonyl (C=O) groups excluding carboxylic acids is 2. The third-order valence-electron chi connectivity index (χ3n) is 6.14. The minimum atomic E-state index is -0.549. The monoisotopic (exact) mass is 529 g/mol. The van der Waals surface area contributed by atoms with Gasteiger partial charge in [0.25, 0.3) is 0 Å². The maximum Gasteiger partial charge on any atom is 0.410 e. The third kappa shape index (κ3) is 7.44. The van der Waals surface area contributed by atoms with Crippen LogP contribution in [0.2, 0.25) is 0 Å². The van der Waals surface area contributed by atoms with Gasteiger partial charge in [-0.2, -0.15) is 0 Å². The summed E-state index contributed by atoms with van der Waals surface area (Å²) in [5, 5.41) is 0. The highest BCUT2D eigenvalue weighted by Crippen LogP contribution is 2.41. The van der Waals surface area contributed by atoms with Gasteiger partial charge in [-0.05, 0) is 38.5 Å². The van der Waals surface area contributed by atoms with Crippen molar-refractivity contribution in [2.24, 2.45) is 0 Å². The van der Waals surface area contributed by atoms with E-state index in [1.54, 1.807) is 43.3 Å². The first-order valence-corrected chi connectivity index (χ1v) is 12.5. The van der Waals surface area contributed by atoms with E-state index in [0.29, 0.717) is 55.7 Å². The second kappa shape index (κ2) is 12.7. The van der Waals surface area contributed by atoms with Gasteiger partial charge in [0, 0.05) is 38.3 Å². The standard InChI is InChI=1S/C28H39N3O7/c1-28(2,3)38-27(33)30-14-12-29(13-15-30)19-25(32)31(18-20-8-10-22(34-4)11-9-20)21-16-23(35-5)26(37-7)24(17-21)36-6/h8-11,16-17H,12-15,18-19H2,1-7H3. The Morgan fingerprint density at radius 3 is 1.89 bits per heavy atom. The van der Waals surface area contributed by atoms with Crippen LogP contribution in [0.3, 0.4) is 0 Å².